The van der Waals surface area contributed by atoms with Crippen LogP contribution in [0.4, 0.5) is 0 Å². The minimum atomic E-state index is -0.702. The van der Waals surface area contributed by atoms with Crippen molar-refractivity contribution in [2.45, 2.75) is 37.5 Å². The van der Waals surface area contributed by atoms with Crippen molar-refractivity contribution < 1.29 is 5.11 Å². The maximum Gasteiger partial charge on any atom is 0.102 e. The molecule has 0 spiro atoms. The van der Waals surface area contributed by atoms with Crippen LogP contribution in [-0.2, 0) is 0 Å². The van der Waals surface area contributed by atoms with Gasteiger partial charge in [-0.2, -0.15) is 17.0 Å². The molecule has 3 nitrogen and oxygen atoms in total. The number of hydrogen-bond donors (Lipinski definition) is 2. The van der Waals surface area contributed by atoms with Crippen LogP contribution >= 0.6 is 11.8 Å². The molecule has 0 aliphatic heterocycles. The second kappa shape index (κ2) is 6.25. The number of rotatable bonds is 6. The average Bonchev–Trinajstić information content (AvgIpc) is 2.05. The predicted octanol–water partition coefficient (Wildman–Crippen LogP) is 1.12. The number of nitrogens with zero attached hydrogens (tertiary/aromatic N) is 1. The first-order chi connectivity index (χ1) is 6.02. The lowest BCUT2D eigenvalue weighted by Crippen LogP contribution is -2.34. The third-order valence-corrected chi connectivity index (χ3v) is 3.06. The van der Waals surface area contributed by atoms with E-state index in [1.807, 2.05) is 0 Å². The summed E-state index contributed by atoms with van der Waals surface area (Å²) in [6.07, 6.45) is 1.50. The lowest BCUT2D eigenvalue weighted by molar-refractivity contribution is 0.289. The second-order valence-corrected chi connectivity index (χ2v) is 5.02. The highest BCUT2D eigenvalue weighted by molar-refractivity contribution is 7.99. The van der Waals surface area contributed by atoms with Gasteiger partial charge in [0.1, 0.15) is 5.54 Å². The molecule has 0 aromatic carbocycles. The molecule has 13 heavy (non-hydrogen) atoms. The molecule has 2 atom stereocenters. The zero-order valence-electron chi connectivity index (χ0n) is 8.29. The van der Waals surface area contributed by atoms with Crippen molar-refractivity contribution >= 4 is 11.8 Å². The molecule has 0 saturated heterocycles. The van der Waals surface area contributed by atoms with Gasteiger partial charge in [-0.05, 0) is 25.5 Å². The van der Waals surface area contributed by atoms with E-state index in [0.29, 0.717) is 11.7 Å². The molecule has 0 bridgehead atoms. The number of thioether (sulfide) groups is 1. The highest BCUT2D eigenvalue weighted by Crippen LogP contribution is 2.17. The highest BCUT2D eigenvalue weighted by atomic mass is 32.2. The fourth-order valence-corrected chi connectivity index (χ4v) is 2.01. The first-order valence-electron chi connectivity index (χ1n) is 4.44. The number of nitriles is 1. The Bertz CT molecular complexity index is 177. The van der Waals surface area contributed by atoms with Crippen LogP contribution in [0.15, 0.2) is 0 Å². The van der Waals surface area contributed by atoms with Gasteiger partial charge in [-0.25, -0.2) is 0 Å². The van der Waals surface area contributed by atoms with Crippen LogP contribution in [0.3, 0.4) is 0 Å². The molecule has 0 fully saturated rings. The molecule has 0 heterocycles. The number of aliphatic hydroxyl groups is 1. The van der Waals surface area contributed by atoms with Crippen LogP contribution in [0.1, 0.15) is 26.7 Å². The second-order valence-electron chi connectivity index (χ2n) is 3.47. The van der Waals surface area contributed by atoms with Gasteiger partial charge in [-0.3, -0.25) is 0 Å². The van der Waals surface area contributed by atoms with Crippen molar-refractivity contribution in [1.29, 1.82) is 5.26 Å². The molecule has 0 saturated carbocycles. The van der Waals surface area contributed by atoms with E-state index in [1.165, 1.54) is 0 Å². The Morgan fingerprint density at radius 3 is 2.77 bits per heavy atom. The largest absolute Gasteiger partial charge is 0.396 e. The minimum absolute atomic E-state index is 0.228. The molecule has 76 valence electrons. The molecule has 0 aromatic rings. The maximum atomic E-state index is 8.65. The maximum absolute atomic E-state index is 8.65. The Labute approximate surface area is 84.3 Å². The fraction of sp³-hybridized carbons (Fsp3) is 0.889. The van der Waals surface area contributed by atoms with E-state index >= 15 is 0 Å². The van der Waals surface area contributed by atoms with E-state index < -0.39 is 5.54 Å². The molecule has 0 aliphatic rings. The lowest BCUT2D eigenvalue weighted by Gasteiger charge is -2.16. The van der Waals surface area contributed by atoms with Crippen LogP contribution < -0.4 is 5.73 Å². The number of nitrogens with two attached hydrogens (primary N) is 1. The Kier molecular flexibility index (Phi) is 6.13. The van der Waals surface area contributed by atoms with Crippen molar-refractivity contribution in [3.63, 3.8) is 0 Å². The van der Waals surface area contributed by atoms with Crippen LogP contribution in [0, 0.1) is 11.3 Å². The van der Waals surface area contributed by atoms with Crippen molar-refractivity contribution in [2.24, 2.45) is 5.73 Å². The SMILES string of the molecule is CC(CCO)SCCC(C)(N)C#N. The monoisotopic (exact) mass is 202 g/mol. The highest BCUT2D eigenvalue weighted by Gasteiger charge is 2.16. The normalized spacial score (nSPS) is 17.5. The van der Waals surface area contributed by atoms with Gasteiger partial charge in [0, 0.05) is 11.9 Å². The molecular formula is C9H18N2OS. The Morgan fingerprint density at radius 1 is 1.69 bits per heavy atom. The number of aliphatic hydroxyl groups excluding tert-OH is 1. The summed E-state index contributed by atoms with van der Waals surface area (Å²) in [6, 6.07) is 2.06. The van der Waals surface area contributed by atoms with Gasteiger partial charge in [-0.1, -0.05) is 6.92 Å². The summed E-state index contributed by atoms with van der Waals surface area (Å²) < 4.78 is 0. The van der Waals surface area contributed by atoms with Crippen LogP contribution in [-0.4, -0.2) is 28.3 Å². The summed E-state index contributed by atoms with van der Waals surface area (Å²) in [5.41, 5.74) is 4.95. The average molecular weight is 202 g/mol. The molecule has 0 aromatic heterocycles. The zero-order valence-corrected chi connectivity index (χ0v) is 9.10. The molecule has 3 N–H and O–H groups in total. The van der Waals surface area contributed by atoms with E-state index in [1.54, 1.807) is 18.7 Å². The summed E-state index contributed by atoms with van der Waals surface area (Å²) in [7, 11) is 0. The zero-order chi connectivity index (χ0) is 10.3. The number of hydrogen-bond acceptors (Lipinski definition) is 4. The van der Waals surface area contributed by atoms with Crippen molar-refractivity contribution in [1.82, 2.24) is 0 Å². The quantitative estimate of drug-likeness (QED) is 0.677. The first-order valence-corrected chi connectivity index (χ1v) is 5.49. The van der Waals surface area contributed by atoms with E-state index in [4.69, 9.17) is 16.1 Å². The van der Waals surface area contributed by atoms with E-state index in [0.717, 1.165) is 12.2 Å². The molecule has 4 heteroatoms. The summed E-state index contributed by atoms with van der Waals surface area (Å²) in [5.74, 6) is 0.877. The lowest BCUT2D eigenvalue weighted by atomic mass is 10.0. The van der Waals surface area contributed by atoms with Gasteiger partial charge in [0.15, 0.2) is 0 Å². The summed E-state index contributed by atoms with van der Waals surface area (Å²) in [4.78, 5) is 0. The molecule has 2 unspecified atom stereocenters. The van der Waals surface area contributed by atoms with E-state index in [9.17, 15) is 0 Å². The van der Waals surface area contributed by atoms with Crippen LogP contribution in [0.25, 0.3) is 0 Å². The fourth-order valence-electron chi connectivity index (χ4n) is 0.793. The molecule has 0 rings (SSSR count). The molecular weight excluding hydrogens is 184 g/mol. The first kappa shape index (κ1) is 12.8. The smallest absolute Gasteiger partial charge is 0.102 e. The summed E-state index contributed by atoms with van der Waals surface area (Å²) in [5, 5.41) is 17.7. The topological polar surface area (TPSA) is 70.0 Å². The van der Waals surface area contributed by atoms with Crippen molar-refractivity contribution in [2.75, 3.05) is 12.4 Å². The standard InChI is InChI=1S/C9H18N2OS/c1-8(3-5-12)13-6-4-9(2,11)7-10/h8,12H,3-6,11H2,1-2H3. The predicted molar refractivity (Wildman–Crippen MR) is 56.4 cm³/mol. The molecule has 0 aliphatic carbocycles. The van der Waals surface area contributed by atoms with E-state index in [-0.39, 0.29) is 6.61 Å². The van der Waals surface area contributed by atoms with Gasteiger partial charge in [0.2, 0.25) is 0 Å². The van der Waals surface area contributed by atoms with Gasteiger partial charge >= 0.3 is 0 Å². The third-order valence-electron chi connectivity index (χ3n) is 1.81. The Hall–Kier alpha value is -0.240. The van der Waals surface area contributed by atoms with Gasteiger partial charge in [0.25, 0.3) is 0 Å². The van der Waals surface area contributed by atoms with Gasteiger partial charge in [0.05, 0.1) is 6.07 Å². The summed E-state index contributed by atoms with van der Waals surface area (Å²) in [6.45, 7) is 4.04. The van der Waals surface area contributed by atoms with Gasteiger partial charge in [-0.15, -0.1) is 0 Å². The summed E-state index contributed by atoms with van der Waals surface area (Å²) >= 11 is 1.75. The van der Waals surface area contributed by atoms with Crippen molar-refractivity contribution in [3.8, 4) is 6.07 Å². The molecule has 0 amide bonds. The third kappa shape index (κ3) is 6.88. The van der Waals surface area contributed by atoms with Gasteiger partial charge < -0.3 is 10.8 Å². The Morgan fingerprint density at radius 2 is 2.31 bits per heavy atom. The minimum Gasteiger partial charge on any atom is -0.396 e. The van der Waals surface area contributed by atoms with E-state index in [2.05, 4.69) is 13.0 Å². The van der Waals surface area contributed by atoms with Crippen LogP contribution in [0.2, 0.25) is 0 Å². The Balaban J connectivity index is 3.51. The van der Waals surface area contributed by atoms with Crippen LogP contribution in [0.5, 0.6) is 0 Å². The van der Waals surface area contributed by atoms with Crippen molar-refractivity contribution in [3.05, 3.63) is 0 Å². The molecule has 0 radical (unpaired) electrons.